The molecular weight excluding hydrogens is 420 g/mol. The average Bonchev–Trinajstić information content (AvgIpc) is 3.53. The lowest BCUT2D eigenvalue weighted by Gasteiger charge is -2.25. The number of nitrogens with zero attached hydrogens (tertiary/aromatic N) is 3. The molecule has 2 fully saturated rings. The first kappa shape index (κ1) is 21.2. The molecule has 1 aromatic carbocycles. The van der Waals surface area contributed by atoms with Gasteiger partial charge in [-0.2, -0.15) is 0 Å². The maximum Gasteiger partial charge on any atom is 0.274 e. The summed E-state index contributed by atoms with van der Waals surface area (Å²) in [6.45, 7) is 3.73. The van der Waals surface area contributed by atoms with Crippen LogP contribution in [0.1, 0.15) is 54.3 Å². The summed E-state index contributed by atoms with van der Waals surface area (Å²) in [5.74, 6) is 0.647. The Morgan fingerprint density at radius 1 is 1.16 bits per heavy atom. The van der Waals surface area contributed by atoms with Gasteiger partial charge in [-0.05, 0) is 49.9 Å². The van der Waals surface area contributed by atoms with Crippen LogP contribution in [0.3, 0.4) is 0 Å². The number of carbonyl (C=O) groups excluding carboxylic acids is 1. The Labute approximate surface area is 193 Å². The van der Waals surface area contributed by atoms with Crippen molar-refractivity contribution in [1.82, 2.24) is 9.55 Å². The molecule has 0 spiro atoms. The molecule has 5 rings (SSSR count). The fourth-order valence-electron chi connectivity index (χ4n) is 4.64. The van der Waals surface area contributed by atoms with Crippen LogP contribution in [-0.2, 0) is 11.3 Å². The van der Waals surface area contributed by atoms with E-state index in [-0.39, 0.29) is 11.9 Å². The van der Waals surface area contributed by atoms with Gasteiger partial charge in [0.25, 0.3) is 5.91 Å². The Hall–Kier alpha value is -2.64. The fourth-order valence-corrected chi connectivity index (χ4v) is 5.39. The third kappa shape index (κ3) is 4.74. The fraction of sp³-hybridized carbons (Fsp3) is 0.440. The van der Waals surface area contributed by atoms with E-state index in [1.165, 1.54) is 29.9 Å². The topological polar surface area (TPSA) is 59.4 Å². The van der Waals surface area contributed by atoms with Crippen molar-refractivity contribution in [1.29, 1.82) is 0 Å². The molecule has 2 aliphatic heterocycles. The highest BCUT2D eigenvalue weighted by Gasteiger charge is 2.28. The van der Waals surface area contributed by atoms with E-state index in [4.69, 9.17) is 9.72 Å². The van der Waals surface area contributed by atoms with Crippen molar-refractivity contribution >= 4 is 28.1 Å². The second-order valence-electron chi connectivity index (χ2n) is 8.70. The molecule has 0 radical (unpaired) electrons. The van der Waals surface area contributed by atoms with Crippen molar-refractivity contribution in [2.75, 3.05) is 30.0 Å². The smallest absolute Gasteiger partial charge is 0.274 e. The van der Waals surface area contributed by atoms with Crippen molar-refractivity contribution in [3.8, 4) is 0 Å². The van der Waals surface area contributed by atoms with E-state index in [0.29, 0.717) is 10.8 Å². The van der Waals surface area contributed by atoms with Crippen LogP contribution in [-0.4, -0.2) is 35.2 Å². The number of aryl methyl sites for hydroxylation is 1. The summed E-state index contributed by atoms with van der Waals surface area (Å²) in [4.78, 5) is 20.1. The van der Waals surface area contributed by atoms with E-state index in [0.717, 1.165) is 57.2 Å². The number of carbonyl (C=O) groups is 1. The van der Waals surface area contributed by atoms with E-state index in [2.05, 4.69) is 44.4 Å². The lowest BCUT2D eigenvalue weighted by Crippen LogP contribution is -2.27. The molecule has 0 saturated carbocycles. The van der Waals surface area contributed by atoms with Crippen molar-refractivity contribution in [2.24, 2.45) is 5.92 Å². The van der Waals surface area contributed by atoms with Crippen molar-refractivity contribution in [3.63, 3.8) is 0 Å². The SMILES string of the molecule is O=C(Nc1nc([C@H]2CCCN2c2ccccc2)cs1)c1cccn1CCCCC1COC1. The molecular formula is C25H30N4O2S. The van der Waals surface area contributed by atoms with Crippen molar-refractivity contribution < 1.29 is 9.53 Å². The molecule has 2 aromatic heterocycles. The van der Waals surface area contributed by atoms with Gasteiger partial charge in [0.05, 0.1) is 24.9 Å². The van der Waals surface area contributed by atoms with Gasteiger partial charge in [-0.15, -0.1) is 11.3 Å². The number of amides is 1. The number of unbranched alkanes of at least 4 members (excludes halogenated alkanes) is 1. The number of benzene rings is 1. The molecule has 32 heavy (non-hydrogen) atoms. The summed E-state index contributed by atoms with van der Waals surface area (Å²) in [5, 5.41) is 5.78. The highest BCUT2D eigenvalue weighted by atomic mass is 32.1. The Bertz CT molecular complexity index is 1030. The quantitative estimate of drug-likeness (QED) is 0.446. The van der Waals surface area contributed by atoms with Gasteiger partial charge in [0.2, 0.25) is 0 Å². The summed E-state index contributed by atoms with van der Waals surface area (Å²) in [5.41, 5.74) is 2.97. The van der Waals surface area contributed by atoms with Gasteiger partial charge in [0, 0.05) is 36.3 Å². The molecule has 2 saturated heterocycles. The predicted octanol–water partition coefficient (Wildman–Crippen LogP) is 5.36. The summed E-state index contributed by atoms with van der Waals surface area (Å²) in [6.07, 6.45) is 7.69. The van der Waals surface area contributed by atoms with E-state index in [9.17, 15) is 4.79 Å². The van der Waals surface area contributed by atoms with Crippen molar-refractivity contribution in [2.45, 2.75) is 44.7 Å². The lowest BCUT2D eigenvalue weighted by molar-refractivity contribution is -0.0365. The molecule has 6 nitrogen and oxygen atoms in total. The Balaban J connectivity index is 1.19. The largest absolute Gasteiger partial charge is 0.381 e. The number of hydrogen-bond acceptors (Lipinski definition) is 5. The Morgan fingerprint density at radius 2 is 2.03 bits per heavy atom. The molecule has 2 aliphatic rings. The Morgan fingerprint density at radius 3 is 2.84 bits per heavy atom. The molecule has 4 heterocycles. The van der Waals surface area contributed by atoms with Crippen molar-refractivity contribution in [3.05, 3.63) is 65.4 Å². The molecule has 1 N–H and O–H groups in total. The van der Waals surface area contributed by atoms with Gasteiger partial charge in [-0.25, -0.2) is 4.98 Å². The molecule has 7 heteroatoms. The first-order chi connectivity index (χ1) is 15.8. The number of nitrogens with one attached hydrogen (secondary N) is 1. The zero-order valence-corrected chi connectivity index (χ0v) is 19.1. The third-order valence-corrected chi connectivity index (χ3v) is 7.23. The van der Waals surface area contributed by atoms with Gasteiger partial charge < -0.3 is 14.2 Å². The van der Waals surface area contributed by atoms with Crippen LogP contribution in [0.15, 0.2) is 54.0 Å². The Kier molecular flexibility index (Phi) is 6.55. The van der Waals surface area contributed by atoms with Crippen LogP contribution in [0.2, 0.25) is 0 Å². The molecule has 0 unspecified atom stereocenters. The third-order valence-electron chi connectivity index (χ3n) is 6.46. The summed E-state index contributed by atoms with van der Waals surface area (Å²) >= 11 is 1.51. The van der Waals surface area contributed by atoms with Gasteiger partial charge in [-0.1, -0.05) is 24.6 Å². The molecule has 1 atom stereocenters. The number of thiazole rings is 1. The molecule has 3 aromatic rings. The number of aromatic nitrogens is 2. The van der Waals surface area contributed by atoms with Gasteiger partial charge in [-0.3, -0.25) is 10.1 Å². The monoisotopic (exact) mass is 450 g/mol. The lowest BCUT2D eigenvalue weighted by atomic mass is 10.0. The van der Waals surface area contributed by atoms with Gasteiger partial charge in [0.15, 0.2) is 5.13 Å². The molecule has 0 bridgehead atoms. The maximum atomic E-state index is 12.9. The van der Waals surface area contributed by atoms with Crippen LogP contribution in [0.25, 0.3) is 0 Å². The van der Waals surface area contributed by atoms with Crippen LogP contribution < -0.4 is 10.2 Å². The van der Waals surface area contributed by atoms with Crippen LogP contribution in [0.5, 0.6) is 0 Å². The number of ether oxygens (including phenoxy) is 1. The van der Waals surface area contributed by atoms with E-state index >= 15 is 0 Å². The minimum atomic E-state index is -0.0883. The van der Waals surface area contributed by atoms with Gasteiger partial charge >= 0.3 is 0 Å². The van der Waals surface area contributed by atoms with E-state index in [1.807, 2.05) is 24.4 Å². The molecule has 1 amide bonds. The maximum absolute atomic E-state index is 12.9. The number of para-hydroxylation sites is 1. The number of anilines is 2. The van der Waals surface area contributed by atoms with E-state index < -0.39 is 0 Å². The first-order valence-electron chi connectivity index (χ1n) is 11.6. The average molecular weight is 451 g/mol. The predicted molar refractivity (Wildman–Crippen MR) is 128 cm³/mol. The summed E-state index contributed by atoms with van der Waals surface area (Å²) in [6, 6.07) is 14.6. The van der Waals surface area contributed by atoms with Gasteiger partial charge in [0.1, 0.15) is 5.69 Å². The second kappa shape index (κ2) is 9.88. The van der Waals surface area contributed by atoms with Crippen LogP contribution in [0, 0.1) is 5.92 Å². The second-order valence-corrected chi connectivity index (χ2v) is 9.56. The minimum Gasteiger partial charge on any atom is -0.381 e. The molecule has 168 valence electrons. The number of rotatable bonds is 9. The zero-order chi connectivity index (χ0) is 21.8. The number of hydrogen-bond donors (Lipinski definition) is 1. The van der Waals surface area contributed by atoms with E-state index in [1.54, 1.807) is 0 Å². The first-order valence-corrected chi connectivity index (χ1v) is 12.5. The standard InChI is InChI=1S/C25H30N4O2S/c30-24(23-12-6-14-28(23)13-5-4-8-19-16-31-17-19)27-25-26-21(18-32-25)22-11-7-15-29(22)20-9-2-1-3-10-20/h1-3,6,9-10,12,14,18-19,22H,4-5,7-8,11,13,15-17H2,(H,26,27,30)/t22-/m1/s1. The normalized spacial score (nSPS) is 18.6. The minimum absolute atomic E-state index is 0.0883. The summed E-state index contributed by atoms with van der Waals surface area (Å²) in [7, 11) is 0. The molecule has 0 aliphatic carbocycles. The highest BCUT2D eigenvalue weighted by molar-refractivity contribution is 7.14. The van der Waals surface area contributed by atoms with Crippen LogP contribution >= 0.6 is 11.3 Å². The zero-order valence-electron chi connectivity index (χ0n) is 18.3. The highest BCUT2D eigenvalue weighted by Crippen LogP contribution is 2.37. The summed E-state index contributed by atoms with van der Waals surface area (Å²) < 4.78 is 7.29. The van der Waals surface area contributed by atoms with Crippen LogP contribution in [0.4, 0.5) is 10.8 Å².